The molecule has 0 aliphatic rings. The third-order valence-corrected chi connectivity index (χ3v) is 6.72. The normalized spacial score (nSPS) is 11.0. The highest BCUT2D eigenvalue weighted by Crippen LogP contribution is 2.34. The molecular weight excluding hydrogens is 299 g/mol. The molecule has 2 aromatic carbocycles. The van der Waals surface area contributed by atoms with Crippen molar-refractivity contribution in [2.45, 2.75) is 38.5 Å². The maximum atomic E-state index is 5.10. The van der Waals surface area contributed by atoms with Gasteiger partial charge in [0.25, 0.3) is 0 Å². The van der Waals surface area contributed by atoms with E-state index in [9.17, 15) is 0 Å². The largest absolute Gasteiger partial charge is 0.385 e. The third kappa shape index (κ3) is 6.85. The number of rotatable bonds is 11. The van der Waals surface area contributed by atoms with Crippen LogP contribution in [0.1, 0.15) is 38.5 Å². The van der Waals surface area contributed by atoms with Gasteiger partial charge in [-0.2, -0.15) is 0 Å². The number of hydrogen-bond acceptors (Lipinski definition) is 1. The number of hydrogen-bond donors (Lipinski definition) is 0. The topological polar surface area (TPSA) is 9.23 Å². The van der Waals surface area contributed by atoms with Crippen molar-refractivity contribution in [3.8, 4) is 0 Å². The summed E-state index contributed by atoms with van der Waals surface area (Å²) in [6, 6.07) is 22.1. The number of ether oxygens (including phenoxy) is 1. The summed E-state index contributed by atoms with van der Waals surface area (Å²) in [7, 11) is 1.59. The molecule has 0 saturated heterocycles. The standard InChI is InChI=1S/C21H29OP/c1-22-18-12-4-2-3-5-13-19-23(20-14-8-6-9-15-20)21-16-10-7-11-17-21/h6-11,14-17H,2-5,12-13,18-19H2,1H3. The second-order valence-corrected chi connectivity index (χ2v) is 8.27. The van der Waals surface area contributed by atoms with E-state index < -0.39 is 0 Å². The average molecular weight is 328 g/mol. The lowest BCUT2D eigenvalue weighted by molar-refractivity contribution is 0.192. The SMILES string of the molecule is COCCCCCCCCP(c1ccccc1)c1ccccc1. The van der Waals surface area contributed by atoms with Gasteiger partial charge in [-0.1, -0.05) is 86.3 Å². The molecule has 0 fully saturated rings. The number of unbranched alkanes of at least 4 members (excludes halogenated alkanes) is 5. The zero-order valence-corrected chi connectivity index (χ0v) is 15.2. The van der Waals surface area contributed by atoms with Crippen LogP contribution in [0.4, 0.5) is 0 Å². The molecule has 0 aliphatic carbocycles. The second kappa shape index (κ2) is 11.4. The van der Waals surface area contributed by atoms with Gasteiger partial charge in [0, 0.05) is 13.7 Å². The van der Waals surface area contributed by atoms with Crippen LogP contribution < -0.4 is 10.6 Å². The molecule has 0 amide bonds. The minimum absolute atomic E-state index is 0.201. The van der Waals surface area contributed by atoms with E-state index in [0.29, 0.717) is 0 Å². The monoisotopic (exact) mass is 328 g/mol. The fraction of sp³-hybridized carbons (Fsp3) is 0.429. The Hall–Kier alpha value is -1.17. The van der Waals surface area contributed by atoms with Gasteiger partial charge in [0.1, 0.15) is 0 Å². The first-order valence-electron chi connectivity index (χ1n) is 8.78. The lowest BCUT2D eigenvalue weighted by atomic mass is 10.1. The van der Waals surface area contributed by atoms with Crippen LogP contribution in [-0.2, 0) is 4.74 Å². The van der Waals surface area contributed by atoms with Crippen LogP contribution in [0, 0.1) is 0 Å². The van der Waals surface area contributed by atoms with E-state index >= 15 is 0 Å². The molecule has 2 rings (SSSR count). The fourth-order valence-electron chi connectivity index (χ4n) is 2.85. The van der Waals surface area contributed by atoms with Crippen LogP contribution in [0.25, 0.3) is 0 Å². The minimum Gasteiger partial charge on any atom is -0.385 e. The molecule has 0 N–H and O–H groups in total. The predicted molar refractivity (Wildman–Crippen MR) is 104 cm³/mol. The molecule has 0 unspecified atom stereocenters. The van der Waals surface area contributed by atoms with Crippen LogP contribution in [0.5, 0.6) is 0 Å². The van der Waals surface area contributed by atoms with Crippen LogP contribution in [0.3, 0.4) is 0 Å². The Labute approximate surface area is 142 Å². The van der Waals surface area contributed by atoms with E-state index in [0.717, 1.165) is 6.61 Å². The Morgan fingerprint density at radius 3 is 1.65 bits per heavy atom. The van der Waals surface area contributed by atoms with Gasteiger partial charge in [-0.15, -0.1) is 0 Å². The highest BCUT2D eigenvalue weighted by atomic mass is 31.1. The van der Waals surface area contributed by atoms with Crippen LogP contribution in [-0.4, -0.2) is 19.9 Å². The van der Waals surface area contributed by atoms with E-state index in [-0.39, 0.29) is 7.92 Å². The van der Waals surface area contributed by atoms with Gasteiger partial charge in [0.05, 0.1) is 0 Å². The summed E-state index contributed by atoms with van der Waals surface area (Å²) in [5.74, 6) is 0. The van der Waals surface area contributed by atoms with Gasteiger partial charge in [0.15, 0.2) is 0 Å². The Bertz CT molecular complexity index is 472. The molecule has 2 heteroatoms. The zero-order chi connectivity index (χ0) is 16.2. The van der Waals surface area contributed by atoms with Crippen molar-refractivity contribution < 1.29 is 4.74 Å². The maximum absolute atomic E-state index is 5.10. The predicted octanol–water partition coefficient (Wildman–Crippen LogP) is 5.11. The summed E-state index contributed by atoms with van der Waals surface area (Å²) in [4.78, 5) is 0. The zero-order valence-electron chi connectivity index (χ0n) is 14.3. The third-order valence-electron chi connectivity index (χ3n) is 4.12. The number of benzene rings is 2. The summed E-state index contributed by atoms with van der Waals surface area (Å²) < 4.78 is 5.10. The van der Waals surface area contributed by atoms with E-state index in [2.05, 4.69) is 60.7 Å². The minimum atomic E-state index is -0.201. The summed E-state index contributed by atoms with van der Waals surface area (Å²) >= 11 is 0. The molecule has 0 aromatic heterocycles. The molecule has 23 heavy (non-hydrogen) atoms. The summed E-state index contributed by atoms with van der Waals surface area (Å²) in [6.07, 6.45) is 9.21. The van der Waals surface area contributed by atoms with Crippen LogP contribution >= 0.6 is 7.92 Å². The molecule has 0 saturated carbocycles. The Kier molecular flexibility index (Phi) is 8.99. The van der Waals surface area contributed by atoms with E-state index in [1.54, 1.807) is 7.11 Å². The maximum Gasteiger partial charge on any atom is 0.0462 e. The average Bonchev–Trinajstić information content (AvgIpc) is 2.62. The lowest BCUT2D eigenvalue weighted by Crippen LogP contribution is -2.13. The van der Waals surface area contributed by atoms with Gasteiger partial charge in [-0.3, -0.25) is 0 Å². The van der Waals surface area contributed by atoms with Crippen molar-refractivity contribution in [3.63, 3.8) is 0 Å². The molecule has 0 bridgehead atoms. The van der Waals surface area contributed by atoms with Crippen molar-refractivity contribution in [1.29, 1.82) is 0 Å². The summed E-state index contributed by atoms with van der Waals surface area (Å²) in [5, 5.41) is 3.02. The van der Waals surface area contributed by atoms with Gasteiger partial charge in [-0.05, 0) is 37.5 Å². The smallest absolute Gasteiger partial charge is 0.0462 e. The van der Waals surface area contributed by atoms with Crippen molar-refractivity contribution in [3.05, 3.63) is 60.7 Å². The molecular formula is C21H29OP. The Morgan fingerprint density at radius 2 is 1.13 bits per heavy atom. The molecule has 0 spiro atoms. The van der Waals surface area contributed by atoms with Crippen LogP contribution in [0.15, 0.2) is 60.7 Å². The van der Waals surface area contributed by atoms with Crippen LogP contribution in [0.2, 0.25) is 0 Å². The first kappa shape index (κ1) is 18.2. The molecule has 124 valence electrons. The lowest BCUT2D eigenvalue weighted by Gasteiger charge is -2.18. The summed E-state index contributed by atoms with van der Waals surface area (Å²) in [5.41, 5.74) is 0. The second-order valence-electron chi connectivity index (χ2n) is 5.94. The van der Waals surface area contributed by atoms with Gasteiger partial charge in [-0.25, -0.2) is 0 Å². The van der Waals surface area contributed by atoms with E-state index in [4.69, 9.17) is 4.74 Å². The Morgan fingerprint density at radius 1 is 0.652 bits per heavy atom. The first-order valence-corrected chi connectivity index (χ1v) is 10.3. The van der Waals surface area contributed by atoms with E-state index in [1.807, 2.05) is 0 Å². The molecule has 2 aromatic rings. The fourth-order valence-corrected chi connectivity index (χ4v) is 5.26. The summed E-state index contributed by atoms with van der Waals surface area (Å²) in [6.45, 7) is 0.910. The molecule has 0 aliphatic heterocycles. The molecule has 0 heterocycles. The van der Waals surface area contributed by atoms with Crippen molar-refractivity contribution in [2.75, 3.05) is 19.9 Å². The highest BCUT2D eigenvalue weighted by Gasteiger charge is 2.12. The quantitative estimate of drug-likeness (QED) is 0.411. The van der Waals surface area contributed by atoms with Crippen molar-refractivity contribution in [1.82, 2.24) is 0 Å². The van der Waals surface area contributed by atoms with E-state index in [1.165, 1.54) is 55.3 Å². The van der Waals surface area contributed by atoms with Gasteiger partial charge >= 0.3 is 0 Å². The molecule has 0 atom stereocenters. The van der Waals surface area contributed by atoms with Crippen molar-refractivity contribution in [2.24, 2.45) is 0 Å². The Balaban J connectivity index is 1.80. The molecule has 0 radical (unpaired) electrons. The van der Waals surface area contributed by atoms with Crippen molar-refractivity contribution >= 4 is 18.5 Å². The van der Waals surface area contributed by atoms with Gasteiger partial charge < -0.3 is 4.74 Å². The van der Waals surface area contributed by atoms with Gasteiger partial charge in [0.2, 0.25) is 0 Å². The molecule has 1 nitrogen and oxygen atoms in total. The number of methoxy groups -OCH3 is 1. The first-order chi connectivity index (χ1) is 11.4. The highest BCUT2D eigenvalue weighted by molar-refractivity contribution is 7.73.